The van der Waals surface area contributed by atoms with Gasteiger partial charge in [0, 0.05) is 17.7 Å². The highest BCUT2D eigenvalue weighted by Crippen LogP contribution is 2.23. The molecule has 0 fully saturated rings. The zero-order chi connectivity index (χ0) is 13.0. The number of halogens is 1. The van der Waals surface area contributed by atoms with Crippen LogP contribution in [-0.4, -0.2) is 17.0 Å². The van der Waals surface area contributed by atoms with E-state index in [1.165, 1.54) is 0 Å². The SMILES string of the molecule is CNc1nccc(Nc2cc(Br)ccc2C#N)n1. The topological polar surface area (TPSA) is 73.6 Å². The fourth-order valence-electron chi connectivity index (χ4n) is 1.40. The third kappa shape index (κ3) is 2.76. The Morgan fingerprint density at radius 2 is 2.17 bits per heavy atom. The molecule has 1 aromatic carbocycles. The van der Waals surface area contributed by atoms with E-state index in [9.17, 15) is 0 Å². The van der Waals surface area contributed by atoms with Crippen LogP contribution in [0.4, 0.5) is 17.5 Å². The monoisotopic (exact) mass is 303 g/mol. The lowest BCUT2D eigenvalue weighted by molar-refractivity contribution is 1.15. The van der Waals surface area contributed by atoms with Crippen LogP contribution >= 0.6 is 15.9 Å². The fraction of sp³-hybridized carbons (Fsp3) is 0.0833. The Hall–Kier alpha value is -2.13. The number of hydrogen-bond donors (Lipinski definition) is 2. The van der Waals surface area contributed by atoms with Gasteiger partial charge >= 0.3 is 0 Å². The number of aromatic nitrogens is 2. The summed E-state index contributed by atoms with van der Waals surface area (Å²) < 4.78 is 0.895. The van der Waals surface area contributed by atoms with Crippen LogP contribution in [0.1, 0.15) is 5.56 Å². The molecule has 0 amide bonds. The Bertz CT molecular complexity index is 606. The first-order chi connectivity index (χ1) is 8.72. The Labute approximate surface area is 113 Å². The Kier molecular flexibility index (Phi) is 3.75. The van der Waals surface area contributed by atoms with Crippen molar-refractivity contribution in [2.24, 2.45) is 0 Å². The van der Waals surface area contributed by atoms with Crippen molar-refractivity contribution in [2.45, 2.75) is 0 Å². The molecule has 1 aromatic heterocycles. The predicted molar refractivity (Wildman–Crippen MR) is 73.7 cm³/mol. The molecule has 0 radical (unpaired) electrons. The van der Waals surface area contributed by atoms with Gasteiger partial charge in [0.05, 0.1) is 11.3 Å². The Morgan fingerprint density at radius 1 is 1.33 bits per heavy atom. The highest BCUT2D eigenvalue weighted by atomic mass is 79.9. The first-order valence-electron chi connectivity index (χ1n) is 5.20. The molecule has 0 atom stereocenters. The summed E-state index contributed by atoms with van der Waals surface area (Å²) in [5, 5.41) is 15.0. The smallest absolute Gasteiger partial charge is 0.224 e. The summed E-state index contributed by atoms with van der Waals surface area (Å²) >= 11 is 3.37. The van der Waals surface area contributed by atoms with Crippen molar-refractivity contribution in [1.29, 1.82) is 5.26 Å². The maximum absolute atomic E-state index is 9.04. The molecule has 0 aliphatic carbocycles. The van der Waals surface area contributed by atoms with E-state index < -0.39 is 0 Å². The molecule has 0 spiro atoms. The van der Waals surface area contributed by atoms with Crippen molar-refractivity contribution < 1.29 is 0 Å². The zero-order valence-corrected chi connectivity index (χ0v) is 11.2. The summed E-state index contributed by atoms with van der Waals surface area (Å²) in [6.45, 7) is 0. The van der Waals surface area contributed by atoms with Crippen molar-refractivity contribution in [1.82, 2.24) is 9.97 Å². The van der Waals surface area contributed by atoms with Crippen LogP contribution in [0, 0.1) is 11.3 Å². The average Bonchev–Trinajstić information content (AvgIpc) is 2.39. The van der Waals surface area contributed by atoms with E-state index >= 15 is 0 Å². The summed E-state index contributed by atoms with van der Waals surface area (Å²) in [6, 6.07) is 9.27. The lowest BCUT2D eigenvalue weighted by Gasteiger charge is -2.08. The molecule has 2 aromatic rings. The normalized spacial score (nSPS) is 9.61. The number of benzene rings is 1. The average molecular weight is 304 g/mol. The van der Waals surface area contributed by atoms with Crippen LogP contribution in [0.2, 0.25) is 0 Å². The second kappa shape index (κ2) is 5.47. The van der Waals surface area contributed by atoms with Crippen LogP contribution < -0.4 is 10.6 Å². The van der Waals surface area contributed by atoms with Gasteiger partial charge in [-0.25, -0.2) is 4.98 Å². The molecule has 0 aliphatic heterocycles. The lowest BCUT2D eigenvalue weighted by atomic mass is 10.2. The van der Waals surface area contributed by atoms with Crippen molar-refractivity contribution >= 4 is 33.4 Å². The van der Waals surface area contributed by atoms with Gasteiger partial charge in [-0.2, -0.15) is 10.2 Å². The maximum atomic E-state index is 9.04. The fourth-order valence-corrected chi connectivity index (χ4v) is 1.77. The molecule has 5 nitrogen and oxygen atoms in total. The van der Waals surface area contributed by atoms with Gasteiger partial charge < -0.3 is 10.6 Å². The van der Waals surface area contributed by atoms with Crippen LogP contribution in [0.15, 0.2) is 34.9 Å². The van der Waals surface area contributed by atoms with Gasteiger partial charge in [0.1, 0.15) is 11.9 Å². The minimum Gasteiger partial charge on any atom is -0.357 e. The number of hydrogen-bond acceptors (Lipinski definition) is 5. The molecule has 0 aliphatic rings. The Balaban J connectivity index is 2.33. The van der Waals surface area contributed by atoms with Crippen LogP contribution in [0.5, 0.6) is 0 Å². The van der Waals surface area contributed by atoms with E-state index in [1.54, 1.807) is 25.4 Å². The first-order valence-corrected chi connectivity index (χ1v) is 5.99. The molecule has 1 heterocycles. The second-order valence-electron chi connectivity index (χ2n) is 3.44. The molecular formula is C12H10BrN5. The van der Waals surface area contributed by atoms with Crippen molar-refractivity contribution in [2.75, 3.05) is 17.7 Å². The van der Waals surface area contributed by atoms with E-state index in [1.807, 2.05) is 12.1 Å². The van der Waals surface area contributed by atoms with E-state index in [-0.39, 0.29) is 0 Å². The summed E-state index contributed by atoms with van der Waals surface area (Å²) in [7, 11) is 1.75. The largest absolute Gasteiger partial charge is 0.357 e. The van der Waals surface area contributed by atoms with Gasteiger partial charge in [-0.3, -0.25) is 0 Å². The highest BCUT2D eigenvalue weighted by molar-refractivity contribution is 9.10. The van der Waals surface area contributed by atoms with Gasteiger partial charge in [-0.1, -0.05) is 15.9 Å². The molecule has 2 N–H and O–H groups in total. The number of anilines is 3. The van der Waals surface area contributed by atoms with E-state index in [4.69, 9.17) is 5.26 Å². The van der Waals surface area contributed by atoms with Gasteiger partial charge in [0.15, 0.2) is 0 Å². The van der Waals surface area contributed by atoms with Crippen LogP contribution in [0.3, 0.4) is 0 Å². The van der Waals surface area contributed by atoms with Crippen LogP contribution in [0.25, 0.3) is 0 Å². The number of rotatable bonds is 3. The lowest BCUT2D eigenvalue weighted by Crippen LogP contribution is -2.00. The zero-order valence-electron chi connectivity index (χ0n) is 9.61. The molecule has 18 heavy (non-hydrogen) atoms. The van der Waals surface area contributed by atoms with E-state index in [0.29, 0.717) is 23.0 Å². The molecule has 0 saturated heterocycles. The standard InChI is InChI=1S/C12H10BrN5/c1-15-12-16-5-4-11(18-12)17-10-6-9(13)3-2-8(10)7-14/h2-6H,1H3,(H2,15,16,17,18). The van der Waals surface area contributed by atoms with Gasteiger partial charge in [0.25, 0.3) is 0 Å². The summed E-state index contributed by atoms with van der Waals surface area (Å²) in [5.41, 5.74) is 1.26. The molecule has 0 unspecified atom stereocenters. The first kappa shape index (κ1) is 12.3. The van der Waals surface area contributed by atoms with Crippen LogP contribution in [-0.2, 0) is 0 Å². The van der Waals surface area contributed by atoms with Gasteiger partial charge in [-0.15, -0.1) is 0 Å². The second-order valence-corrected chi connectivity index (χ2v) is 4.36. The Morgan fingerprint density at radius 3 is 2.89 bits per heavy atom. The van der Waals surface area contributed by atoms with E-state index in [0.717, 1.165) is 4.47 Å². The summed E-state index contributed by atoms with van der Waals surface area (Å²) in [4.78, 5) is 8.26. The number of nitrogens with one attached hydrogen (secondary N) is 2. The van der Waals surface area contributed by atoms with Crippen molar-refractivity contribution in [3.05, 3.63) is 40.5 Å². The predicted octanol–water partition coefficient (Wildman–Crippen LogP) is 2.90. The molecule has 90 valence electrons. The van der Waals surface area contributed by atoms with Crippen molar-refractivity contribution in [3.63, 3.8) is 0 Å². The molecule has 0 saturated carbocycles. The summed E-state index contributed by atoms with van der Waals surface area (Å²) in [6.07, 6.45) is 1.64. The minimum absolute atomic E-state index is 0.522. The molecule has 2 rings (SSSR count). The third-order valence-corrected chi connectivity index (χ3v) is 2.74. The quantitative estimate of drug-likeness (QED) is 0.912. The van der Waals surface area contributed by atoms with Gasteiger partial charge in [0.2, 0.25) is 5.95 Å². The molecule has 6 heteroatoms. The van der Waals surface area contributed by atoms with E-state index in [2.05, 4.69) is 42.6 Å². The molecular weight excluding hydrogens is 294 g/mol. The number of nitriles is 1. The maximum Gasteiger partial charge on any atom is 0.224 e. The van der Waals surface area contributed by atoms with Gasteiger partial charge in [-0.05, 0) is 24.3 Å². The number of nitrogens with zero attached hydrogens (tertiary/aromatic N) is 3. The molecule has 0 bridgehead atoms. The summed E-state index contributed by atoms with van der Waals surface area (Å²) in [5.74, 6) is 1.15. The van der Waals surface area contributed by atoms with Crippen molar-refractivity contribution in [3.8, 4) is 6.07 Å². The minimum atomic E-state index is 0.522. The highest BCUT2D eigenvalue weighted by Gasteiger charge is 2.04. The third-order valence-electron chi connectivity index (χ3n) is 2.24.